The van der Waals surface area contributed by atoms with Gasteiger partial charge in [0.05, 0.1) is 65.9 Å². The Bertz CT molecular complexity index is 6070. The summed E-state index contributed by atoms with van der Waals surface area (Å²) in [5.74, 6) is 0. The summed E-state index contributed by atoms with van der Waals surface area (Å²) in [5, 5.41) is 6.77. The molecule has 0 spiro atoms. The van der Waals surface area contributed by atoms with Gasteiger partial charge in [0.15, 0.2) is 0 Å². The van der Waals surface area contributed by atoms with Gasteiger partial charge >= 0.3 is 0 Å². The third-order valence-corrected chi connectivity index (χ3v) is 33.4. The number of para-hydroxylation sites is 3. The molecule has 0 saturated carbocycles. The number of nitrogens with zero attached hydrogens (tertiary/aromatic N) is 3. The Morgan fingerprint density at radius 2 is 0.602 bits per heavy atom. The summed E-state index contributed by atoms with van der Waals surface area (Å²) in [7, 11) is -7.82. The fourth-order valence-corrected chi connectivity index (χ4v) is 22.6. The Kier molecular flexibility index (Phi) is 18.9. The van der Waals surface area contributed by atoms with Gasteiger partial charge in [-0.2, -0.15) is 0 Å². The van der Waals surface area contributed by atoms with Crippen LogP contribution in [0.2, 0.25) is 78.6 Å². The smallest absolute Gasteiger partial charge is 0.252 e. The first-order valence-corrected chi connectivity index (χ1v) is 57.0. The fraction of sp³-hybridized carbons (Fsp3) is 0.291. The highest BCUT2D eigenvalue weighted by Gasteiger charge is 2.47. The van der Waals surface area contributed by atoms with Crippen molar-refractivity contribution in [3.8, 4) is 72.4 Å². The van der Waals surface area contributed by atoms with Gasteiger partial charge in [0.2, 0.25) is 0 Å². The summed E-state index contributed by atoms with van der Waals surface area (Å²) >= 11 is 0. The van der Waals surface area contributed by atoms with Crippen LogP contribution in [0.25, 0.3) is 94.3 Å². The van der Waals surface area contributed by atoms with Crippen LogP contribution in [-0.2, 0) is 27.1 Å². The van der Waals surface area contributed by atoms with Crippen LogP contribution >= 0.6 is 0 Å². The van der Waals surface area contributed by atoms with E-state index in [2.05, 4.69) is 433 Å². The van der Waals surface area contributed by atoms with E-state index in [0.717, 1.165) is 117 Å². The van der Waals surface area contributed by atoms with Gasteiger partial charge in [-0.15, -0.1) is 0 Å². The molecule has 0 bridgehead atoms. The molecule has 3 heterocycles. The molecular formula is C110H124BN3Si4. The molecule has 118 heavy (non-hydrogen) atoms. The first kappa shape index (κ1) is 76.8. The molecule has 3 nitrogen and oxygen atoms in total. The van der Waals surface area contributed by atoms with Crippen molar-refractivity contribution >= 4 is 132 Å². The van der Waals surface area contributed by atoms with E-state index in [4.69, 9.17) is 0 Å². The summed E-state index contributed by atoms with van der Waals surface area (Å²) in [6.07, 6.45) is 0. The number of hydrogen-bond acceptors (Lipinski definition) is 2. The third kappa shape index (κ3) is 15.2. The van der Waals surface area contributed by atoms with Crippen LogP contribution in [0.4, 0.5) is 34.1 Å². The lowest BCUT2D eigenvalue weighted by Gasteiger charge is -2.46. The van der Waals surface area contributed by atoms with Gasteiger partial charge in [-0.3, -0.25) is 0 Å². The van der Waals surface area contributed by atoms with Gasteiger partial charge in [0, 0.05) is 55.8 Å². The Labute approximate surface area is 717 Å². The van der Waals surface area contributed by atoms with E-state index in [1.165, 1.54) is 65.1 Å². The van der Waals surface area contributed by atoms with Crippen LogP contribution in [-0.4, -0.2) is 43.6 Å². The van der Waals surface area contributed by atoms with Crippen molar-refractivity contribution in [3.05, 3.63) is 289 Å². The van der Waals surface area contributed by atoms with Crippen LogP contribution in [0.5, 0.6) is 0 Å². The van der Waals surface area contributed by atoms with Gasteiger partial charge in [-0.1, -0.05) is 421 Å². The molecule has 0 fully saturated rings. The summed E-state index contributed by atoms with van der Waals surface area (Å²) in [4.78, 5) is 5.35. The van der Waals surface area contributed by atoms with E-state index in [1.54, 1.807) is 0 Å². The second-order valence-electron chi connectivity index (χ2n) is 43.4. The molecule has 0 atom stereocenters. The normalized spacial score (nSPS) is 14.1. The van der Waals surface area contributed by atoms with Crippen LogP contribution in [0.3, 0.4) is 0 Å². The van der Waals surface area contributed by atoms with E-state index in [-0.39, 0.29) is 51.2 Å². The van der Waals surface area contributed by atoms with Gasteiger partial charge in [0.1, 0.15) is 0 Å². The Hall–Kier alpha value is -9.81. The molecule has 0 amide bonds. The van der Waals surface area contributed by atoms with Crippen LogP contribution in [0, 0.1) is 0 Å². The second-order valence-corrected chi connectivity index (χ2v) is 63.7. The zero-order chi connectivity index (χ0) is 87.9. The lowest BCUT2D eigenvalue weighted by atomic mass is 9.33. The highest BCUT2D eigenvalue weighted by molar-refractivity contribution is 7.00. The summed E-state index contributed by atoms with van der Waals surface area (Å²) in [6, 6.07) is 92.4. The number of fused-ring (bicyclic) bond motifs is 7. The number of aromatic nitrogens is 1. The predicted molar refractivity (Wildman–Crippen MR) is 533 cm³/mol. The largest absolute Gasteiger partial charge is 0.310 e. The molecule has 0 saturated heterocycles. The first-order chi connectivity index (χ1) is 56.8. The number of hydrogen-bond donors (Lipinski definition) is 0. The predicted octanol–water partition coefficient (Wildman–Crippen LogP) is 27.5. The van der Waals surface area contributed by atoms with Crippen molar-refractivity contribution in [1.29, 1.82) is 0 Å². The average Bonchev–Trinajstić information content (AvgIpc) is 1.09. The maximum absolute atomic E-state index is 10.5. The highest BCUT2D eigenvalue weighted by atomic mass is 28.3. The topological polar surface area (TPSA) is 11.4 Å². The van der Waals surface area contributed by atoms with Gasteiger partial charge < -0.3 is 14.4 Å². The minimum absolute atomic E-state index is 0.0578. The van der Waals surface area contributed by atoms with Crippen molar-refractivity contribution in [2.75, 3.05) is 9.80 Å². The summed E-state index contributed by atoms with van der Waals surface area (Å²) in [5.41, 5.74) is 30.5. The molecule has 1 aromatic heterocycles. The fourth-order valence-electron chi connectivity index (χ4n) is 17.9. The zero-order valence-corrected chi connectivity index (χ0v) is 79.4. The van der Waals surface area contributed by atoms with E-state index < -0.39 is 39.0 Å². The quantitative estimate of drug-likeness (QED) is 0.107. The molecule has 0 unspecified atom stereocenters. The first-order valence-electron chi connectivity index (χ1n) is 45.0. The molecule has 0 N–H and O–H groups in total. The van der Waals surface area contributed by atoms with Crippen LogP contribution < -0.4 is 46.9 Å². The molecule has 598 valence electrons. The molecule has 0 aliphatic carbocycles. The van der Waals surface area contributed by atoms with Gasteiger partial charge in [-0.25, -0.2) is 0 Å². The second kappa shape index (κ2) is 29.0. The molecular weight excluding hydrogens is 1490 g/mol. The van der Waals surface area contributed by atoms with E-state index in [1.807, 2.05) is 0 Å². The Balaban J connectivity index is 1.18. The average molecular weight is 1620 g/mol. The van der Waals surface area contributed by atoms with Crippen molar-refractivity contribution in [2.24, 2.45) is 0 Å². The molecule has 2 aliphatic rings. The van der Waals surface area contributed by atoms with E-state index >= 15 is 0 Å². The maximum atomic E-state index is 10.5. The minimum Gasteiger partial charge on any atom is -0.310 e. The summed E-state index contributed by atoms with van der Waals surface area (Å²) < 4.78 is 42.2. The van der Waals surface area contributed by atoms with E-state index in [0.29, 0.717) is 10.9 Å². The molecule has 16 rings (SSSR count). The number of rotatable bonds is 13. The van der Waals surface area contributed by atoms with Gasteiger partial charge in [0.25, 0.3) is 6.71 Å². The zero-order valence-electron chi connectivity index (χ0n) is 79.4. The molecule has 0 radical (unpaired) electrons. The Morgan fingerprint density at radius 3 is 0.932 bits per heavy atom. The molecule has 13 aromatic carbocycles. The summed E-state index contributed by atoms with van der Waals surface area (Å²) in [6.45, 7) is 63.9. The Morgan fingerprint density at radius 1 is 0.271 bits per heavy atom. The molecule has 14 aromatic rings. The standard InChI is InChI=1S/C110H124BN3Si4/c1-106(2,3)79-52-55-98-94(68-79)93-44-28-29-49-97(93)112(98)84-69-101-103-102(70-84)114(105-91(75-38-32-42-87(62-75)117(22,23)24)47-35-48-92(105)76-39-33-43-88(63-76)118(25,26)27)100-54-51-72(78-58-82(109(10,11)12)67-83(59-78)110(13,14)15)65-96(100)111(103)95-64-71(77-56-80(107(4,5)6)66-81(57-77)108(7,8)9)50-53-99(95)113(101)104-89(73-36-30-40-85(60-73)115(16,17)18)45-34-46-90(104)74-37-31-41-86(61-74)116(19,20)21/h28-70H,1-27H3/i28D,29D,44D,49D. The van der Waals surface area contributed by atoms with E-state index in [9.17, 15) is 5.48 Å². The van der Waals surface area contributed by atoms with Crippen LogP contribution in [0.1, 0.15) is 137 Å². The molecule has 2 aliphatic heterocycles. The lowest BCUT2D eigenvalue weighted by Crippen LogP contribution is -2.61. The van der Waals surface area contributed by atoms with Gasteiger partial charge in [-0.05, 0) is 158 Å². The van der Waals surface area contributed by atoms with Crippen molar-refractivity contribution in [1.82, 2.24) is 4.57 Å². The van der Waals surface area contributed by atoms with Crippen molar-refractivity contribution < 1.29 is 5.48 Å². The van der Waals surface area contributed by atoms with Crippen molar-refractivity contribution in [2.45, 2.75) is 209 Å². The lowest BCUT2D eigenvalue weighted by molar-refractivity contribution is 0.568. The van der Waals surface area contributed by atoms with Crippen LogP contribution in [0.15, 0.2) is 261 Å². The van der Waals surface area contributed by atoms with Crippen molar-refractivity contribution in [3.63, 3.8) is 0 Å². The minimum atomic E-state index is -1.95. The number of anilines is 6. The maximum Gasteiger partial charge on any atom is 0.252 e. The monoisotopic (exact) mass is 1610 g/mol. The SMILES string of the molecule is [2H]c1c([2H])c([2H])c2c(c1[2H])c1cc(C(C)(C)C)ccc1n2-c1cc2c3c(c1)N(c1c(-c4cccc([Si](C)(C)C)c4)cccc1-c1cccc([Si](C)(C)C)c1)c1ccc(-c4cc(C(C)(C)C)cc(C(C)(C)C)c4)cc1B3c1cc(-c3cc(C(C)(C)C)cc(C(C)(C)C)c3)ccc1N2c1c(-c2cccc([Si](C)(C)C)c2)cccc1-c1cccc([Si](C)(C)C)c1. The third-order valence-electron chi connectivity index (χ3n) is 25.2. The number of benzene rings is 13. The molecule has 8 heteroatoms. The highest BCUT2D eigenvalue weighted by Crippen LogP contribution is 2.55.